The molecule has 3 nitrogen and oxygen atoms in total. The first-order valence-electron chi connectivity index (χ1n) is 3.58. The Labute approximate surface area is 78.1 Å². The fraction of sp³-hybridized carbons (Fsp3) is 0.125. The molecule has 0 aliphatic rings. The summed E-state index contributed by atoms with van der Waals surface area (Å²) < 4.78 is 0.932. The van der Waals surface area contributed by atoms with E-state index in [2.05, 4.69) is 26.1 Å². The minimum absolute atomic E-state index is 0.749. The van der Waals surface area contributed by atoms with Crippen molar-refractivity contribution >= 4 is 32.5 Å². The van der Waals surface area contributed by atoms with E-state index < -0.39 is 0 Å². The number of aromatic nitrogens is 2. The highest BCUT2D eigenvalue weighted by Crippen LogP contribution is 2.26. The van der Waals surface area contributed by atoms with E-state index in [9.17, 15) is 0 Å². The van der Waals surface area contributed by atoms with Crippen LogP contribution in [0.4, 0.5) is 5.69 Å². The highest BCUT2D eigenvalue weighted by atomic mass is 79.9. The molecule has 0 aliphatic heterocycles. The number of hydrogen-bond acceptors (Lipinski definition) is 2. The van der Waals surface area contributed by atoms with Gasteiger partial charge in [0.1, 0.15) is 5.52 Å². The fourth-order valence-corrected chi connectivity index (χ4v) is 1.79. The van der Waals surface area contributed by atoms with Gasteiger partial charge < -0.3 is 5.73 Å². The molecule has 4 heteroatoms. The second kappa shape index (κ2) is 2.48. The van der Waals surface area contributed by atoms with E-state index in [4.69, 9.17) is 5.73 Å². The van der Waals surface area contributed by atoms with Crippen LogP contribution >= 0.6 is 15.9 Å². The molecule has 12 heavy (non-hydrogen) atoms. The lowest BCUT2D eigenvalue weighted by atomic mass is 10.2. The molecule has 0 unspecified atom stereocenters. The molecule has 1 heterocycles. The third kappa shape index (κ3) is 0.992. The number of nitrogen functional groups attached to an aromatic ring is 1. The largest absolute Gasteiger partial charge is 0.399 e. The van der Waals surface area contributed by atoms with Gasteiger partial charge in [0.2, 0.25) is 0 Å². The number of H-pyrrole nitrogens is 1. The Kier molecular flexibility index (Phi) is 1.58. The molecule has 0 radical (unpaired) electrons. The van der Waals surface area contributed by atoms with Gasteiger partial charge >= 0.3 is 0 Å². The van der Waals surface area contributed by atoms with Gasteiger partial charge in [-0.3, -0.25) is 5.10 Å². The molecule has 1 aromatic carbocycles. The topological polar surface area (TPSA) is 54.7 Å². The van der Waals surface area contributed by atoms with Gasteiger partial charge in [0.15, 0.2) is 0 Å². The van der Waals surface area contributed by atoms with Crippen molar-refractivity contribution in [1.29, 1.82) is 0 Å². The van der Waals surface area contributed by atoms with Crippen LogP contribution < -0.4 is 5.73 Å². The van der Waals surface area contributed by atoms with Crippen LogP contribution in [-0.2, 0) is 0 Å². The van der Waals surface area contributed by atoms with Crippen molar-refractivity contribution in [3.8, 4) is 0 Å². The van der Waals surface area contributed by atoms with Crippen LogP contribution in [0.5, 0.6) is 0 Å². The van der Waals surface area contributed by atoms with Crippen molar-refractivity contribution in [2.24, 2.45) is 0 Å². The summed E-state index contributed by atoms with van der Waals surface area (Å²) in [5.74, 6) is 0. The van der Waals surface area contributed by atoms with E-state index in [0.29, 0.717) is 0 Å². The molecule has 3 N–H and O–H groups in total. The maximum atomic E-state index is 5.68. The Bertz CT molecular complexity index is 433. The molecule has 1 aromatic heterocycles. The number of nitrogens with zero attached hydrogens (tertiary/aromatic N) is 1. The van der Waals surface area contributed by atoms with Crippen LogP contribution in [-0.4, -0.2) is 10.2 Å². The molecule has 0 fully saturated rings. The zero-order valence-electron chi connectivity index (χ0n) is 6.56. The Morgan fingerprint density at radius 2 is 2.25 bits per heavy atom. The molecule has 0 aliphatic carbocycles. The highest BCUT2D eigenvalue weighted by Gasteiger charge is 2.05. The Hall–Kier alpha value is -1.03. The van der Waals surface area contributed by atoms with Crippen molar-refractivity contribution in [3.63, 3.8) is 0 Å². The first-order chi connectivity index (χ1) is 5.68. The van der Waals surface area contributed by atoms with Crippen LogP contribution in [0.3, 0.4) is 0 Å². The standard InChI is InChI=1S/C8H8BrN3/c1-4-6-2-5(10)3-7(9)8(6)12-11-4/h2-3H,10H2,1H3,(H,11,12). The average molecular weight is 226 g/mol. The van der Waals surface area contributed by atoms with Gasteiger partial charge in [0.25, 0.3) is 0 Å². The first kappa shape index (κ1) is 7.61. The van der Waals surface area contributed by atoms with Gasteiger partial charge in [0, 0.05) is 21.2 Å². The van der Waals surface area contributed by atoms with Gasteiger partial charge in [-0.05, 0) is 35.0 Å². The number of rotatable bonds is 0. The number of anilines is 1. The lowest BCUT2D eigenvalue weighted by Gasteiger charge is -1.95. The maximum absolute atomic E-state index is 5.68. The maximum Gasteiger partial charge on any atom is 0.107 e. The van der Waals surface area contributed by atoms with Crippen LogP contribution in [0.1, 0.15) is 5.69 Å². The summed E-state index contributed by atoms with van der Waals surface area (Å²) in [5.41, 5.74) is 8.40. The van der Waals surface area contributed by atoms with Crippen LogP contribution in [0.2, 0.25) is 0 Å². The SMILES string of the molecule is Cc1[nH]nc2c(Br)cc(N)cc12. The van der Waals surface area contributed by atoms with Gasteiger partial charge in [-0.25, -0.2) is 0 Å². The third-order valence-electron chi connectivity index (χ3n) is 1.83. The van der Waals surface area contributed by atoms with Crippen LogP contribution in [0.25, 0.3) is 10.9 Å². The molecule has 0 atom stereocenters. The van der Waals surface area contributed by atoms with E-state index >= 15 is 0 Å². The number of fused-ring (bicyclic) bond motifs is 1. The number of nitrogens with two attached hydrogens (primary N) is 1. The molecule has 0 spiro atoms. The van der Waals surface area contributed by atoms with Gasteiger partial charge in [-0.1, -0.05) is 0 Å². The van der Waals surface area contributed by atoms with Crippen molar-refractivity contribution in [1.82, 2.24) is 10.2 Å². The summed E-state index contributed by atoms with van der Waals surface area (Å²) in [4.78, 5) is 0. The van der Waals surface area contributed by atoms with E-state index in [1.54, 1.807) is 0 Å². The minimum atomic E-state index is 0.749. The zero-order valence-corrected chi connectivity index (χ0v) is 8.14. The molecule has 0 saturated carbocycles. The van der Waals surface area contributed by atoms with Gasteiger partial charge in [0.05, 0.1) is 0 Å². The number of nitrogens with one attached hydrogen (secondary N) is 1. The summed E-state index contributed by atoms with van der Waals surface area (Å²) >= 11 is 3.40. The monoisotopic (exact) mass is 225 g/mol. The molecule has 0 bridgehead atoms. The van der Waals surface area contributed by atoms with Crippen LogP contribution in [0.15, 0.2) is 16.6 Å². The van der Waals surface area contributed by atoms with Gasteiger partial charge in [-0.2, -0.15) is 5.10 Å². The normalized spacial score (nSPS) is 10.8. The van der Waals surface area contributed by atoms with E-state index in [1.807, 2.05) is 19.1 Å². The summed E-state index contributed by atoms with van der Waals surface area (Å²) in [5, 5.41) is 8.11. The van der Waals surface area contributed by atoms with E-state index in [0.717, 1.165) is 26.8 Å². The summed E-state index contributed by atoms with van der Waals surface area (Å²) in [6.07, 6.45) is 0. The highest BCUT2D eigenvalue weighted by molar-refractivity contribution is 9.10. The number of aryl methyl sites for hydroxylation is 1. The Morgan fingerprint density at radius 1 is 1.50 bits per heavy atom. The average Bonchev–Trinajstić information content (AvgIpc) is 2.33. The van der Waals surface area contributed by atoms with Crippen molar-refractivity contribution < 1.29 is 0 Å². The lowest BCUT2D eigenvalue weighted by molar-refractivity contribution is 1.07. The third-order valence-corrected chi connectivity index (χ3v) is 2.43. The first-order valence-corrected chi connectivity index (χ1v) is 4.37. The second-order valence-electron chi connectivity index (χ2n) is 2.75. The molecular weight excluding hydrogens is 218 g/mol. The Morgan fingerprint density at radius 3 is 3.00 bits per heavy atom. The van der Waals surface area contributed by atoms with E-state index in [1.165, 1.54) is 0 Å². The smallest absolute Gasteiger partial charge is 0.107 e. The summed E-state index contributed by atoms with van der Waals surface area (Å²) in [6, 6.07) is 3.77. The molecule has 62 valence electrons. The number of benzene rings is 1. The van der Waals surface area contributed by atoms with Gasteiger partial charge in [-0.15, -0.1) is 0 Å². The predicted molar refractivity (Wildman–Crippen MR) is 52.9 cm³/mol. The van der Waals surface area contributed by atoms with Crippen molar-refractivity contribution in [2.75, 3.05) is 5.73 Å². The number of aromatic amines is 1. The fourth-order valence-electron chi connectivity index (χ4n) is 1.22. The quantitative estimate of drug-likeness (QED) is 0.676. The molecule has 2 aromatic rings. The summed E-state index contributed by atoms with van der Waals surface area (Å²) in [6.45, 7) is 1.97. The van der Waals surface area contributed by atoms with Crippen LogP contribution in [0, 0.1) is 6.92 Å². The van der Waals surface area contributed by atoms with E-state index in [-0.39, 0.29) is 0 Å². The van der Waals surface area contributed by atoms with Crippen molar-refractivity contribution in [3.05, 3.63) is 22.3 Å². The molecule has 0 saturated heterocycles. The zero-order chi connectivity index (χ0) is 8.72. The predicted octanol–water partition coefficient (Wildman–Crippen LogP) is 2.22. The lowest BCUT2D eigenvalue weighted by Crippen LogP contribution is -1.84. The Balaban J connectivity index is 2.92. The minimum Gasteiger partial charge on any atom is -0.399 e. The molecule has 2 rings (SSSR count). The number of halogens is 1. The number of hydrogen-bond donors (Lipinski definition) is 2. The second-order valence-corrected chi connectivity index (χ2v) is 3.60. The summed E-state index contributed by atoms with van der Waals surface area (Å²) in [7, 11) is 0. The molecule has 0 amide bonds. The molecular formula is C8H8BrN3. The van der Waals surface area contributed by atoms with Crippen molar-refractivity contribution in [2.45, 2.75) is 6.92 Å².